The van der Waals surface area contributed by atoms with Gasteiger partial charge in [-0.1, -0.05) is 6.07 Å². The molecular formula is C13H18N2O3. The number of benzene rings is 1. The third-order valence-electron chi connectivity index (χ3n) is 3.04. The molecule has 0 saturated heterocycles. The highest BCUT2D eigenvalue weighted by Gasteiger charge is 2.22. The van der Waals surface area contributed by atoms with Crippen LogP contribution in [0.2, 0.25) is 0 Å². The lowest BCUT2D eigenvalue weighted by molar-refractivity contribution is -0.120. The van der Waals surface area contributed by atoms with Crippen molar-refractivity contribution in [3.05, 3.63) is 23.8 Å². The van der Waals surface area contributed by atoms with Crippen molar-refractivity contribution in [3.8, 4) is 5.75 Å². The Bertz CT molecular complexity index is 448. The number of fused-ring (bicyclic) bond motifs is 1. The van der Waals surface area contributed by atoms with Crippen molar-refractivity contribution in [2.24, 2.45) is 0 Å². The molecule has 1 aromatic carbocycles. The van der Waals surface area contributed by atoms with Crippen molar-refractivity contribution in [2.75, 3.05) is 25.2 Å². The van der Waals surface area contributed by atoms with Crippen LogP contribution in [0.5, 0.6) is 5.75 Å². The summed E-state index contributed by atoms with van der Waals surface area (Å²) in [7, 11) is 1.75. The maximum absolute atomic E-state index is 11.5. The minimum Gasteiger partial charge on any atom is -0.482 e. The molecule has 2 N–H and O–H groups in total. The average molecular weight is 250 g/mol. The minimum atomic E-state index is -0.0451. The molecule has 0 saturated carbocycles. The standard InChI is InChI=1S/C13H18N2O3/c1-9(7-16)14-6-10-3-4-12-11(5-10)15(2)13(17)8-18-12/h3-5,9,14,16H,6-8H2,1-2H3. The third kappa shape index (κ3) is 2.63. The summed E-state index contributed by atoms with van der Waals surface area (Å²) < 4.78 is 5.36. The lowest BCUT2D eigenvalue weighted by Crippen LogP contribution is -2.35. The zero-order valence-electron chi connectivity index (χ0n) is 10.6. The van der Waals surface area contributed by atoms with E-state index in [4.69, 9.17) is 9.84 Å². The summed E-state index contributed by atoms with van der Waals surface area (Å²) in [4.78, 5) is 13.1. The Morgan fingerprint density at radius 1 is 1.56 bits per heavy atom. The van der Waals surface area contributed by atoms with E-state index in [1.807, 2.05) is 25.1 Å². The van der Waals surface area contributed by atoms with E-state index in [1.165, 1.54) is 0 Å². The number of nitrogens with one attached hydrogen (secondary N) is 1. The third-order valence-corrected chi connectivity index (χ3v) is 3.04. The van der Waals surface area contributed by atoms with Crippen molar-refractivity contribution >= 4 is 11.6 Å². The van der Waals surface area contributed by atoms with Gasteiger partial charge in [0.15, 0.2) is 6.61 Å². The molecule has 1 unspecified atom stereocenters. The Labute approximate surface area is 106 Å². The summed E-state index contributed by atoms with van der Waals surface area (Å²) in [6.07, 6.45) is 0. The average Bonchev–Trinajstić information content (AvgIpc) is 2.40. The first kappa shape index (κ1) is 12.9. The number of carbonyl (C=O) groups excluding carboxylic acids is 1. The summed E-state index contributed by atoms with van der Waals surface area (Å²) in [5, 5.41) is 12.1. The summed E-state index contributed by atoms with van der Waals surface area (Å²) in [6, 6.07) is 5.82. The molecule has 1 aliphatic heterocycles. The van der Waals surface area contributed by atoms with Crippen LogP contribution in [0.4, 0.5) is 5.69 Å². The van der Waals surface area contributed by atoms with E-state index in [0.29, 0.717) is 6.54 Å². The molecule has 0 spiro atoms. The van der Waals surface area contributed by atoms with Crippen LogP contribution < -0.4 is 15.0 Å². The lowest BCUT2D eigenvalue weighted by atomic mass is 10.1. The Hall–Kier alpha value is -1.59. The fourth-order valence-corrected chi connectivity index (χ4v) is 1.78. The van der Waals surface area contributed by atoms with E-state index in [0.717, 1.165) is 17.0 Å². The van der Waals surface area contributed by atoms with Crippen LogP contribution in [0.3, 0.4) is 0 Å². The molecule has 1 atom stereocenters. The fourth-order valence-electron chi connectivity index (χ4n) is 1.78. The van der Waals surface area contributed by atoms with Gasteiger partial charge in [0.05, 0.1) is 12.3 Å². The smallest absolute Gasteiger partial charge is 0.264 e. The van der Waals surface area contributed by atoms with Gasteiger partial charge in [0, 0.05) is 19.6 Å². The molecule has 2 rings (SSSR count). The second-order valence-corrected chi connectivity index (χ2v) is 4.51. The van der Waals surface area contributed by atoms with E-state index in [9.17, 15) is 4.79 Å². The van der Waals surface area contributed by atoms with Crippen molar-refractivity contribution < 1.29 is 14.6 Å². The number of ether oxygens (including phenoxy) is 1. The van der Waals surface area contributed by atoms with Crippen molar-refractivity contribution in [1.82, 2.24) is 5.32 Å². The Morgan fingerprint density at radius 3 is 3.06 bits per heavy atom. The second-order valence-electron chi connectivity index (χ2n) is 4.51. The summed E-state index contributed by atoms with van der Waals surface area (Å²) in [5.74, 6) is 0.687. The predicted molar refractivity (Wildman–Crippen MR) is 68.7 cm³/mol. The largest absolute Gasteiger partial charge is 0.482 e. The normalized spacial score (nSPS) is 16.2. The van der Waals surface area contributed by atoms with Gasteiger partial charge in [-0.15, -0.1) is 0 Å². The number of aliphatic hydroxyl groups excluding tert-OH is 1. The Balaban J connectivity index is 2.13. The monoisotopic (exact) mass is 250 g/mol. The molecule has 18 heavy (non-hydrogen) atoms. The molecule has 0 fully saturated rings. The summed E-state index contributed by atoms with van der Waals surface area (Å²) in [6.45, 7) is 2.77. The number of nitrogens with zero attached hydrogens (tertiary/aromatic N) is 1. The van der Waals surface area contributed by atoms with Gasteiger partial charge in [-0.05, 0) is 24.6 Å². The molecular weight excluding hydrogens is 232 g/mol. The second kappa shape index (κ2) is 5.37. The number of likely N-dealkylation sites (N-methyl/N-ethyl adjacent to an activating group) is 1. The van der Waals surface area contributed by atoms with Crippen LogP contribution in [0, 0.1) is 0 Å². The molecule has 1 aliphatic rings. The van der Waals surface area contributed by atoms with Gasteiger partial charge in [0.2, 0.25) is 0 Å². The number of hydrogen-bond donors (Lipinski definition) is 2. The molecule has 0 bridgehead atoms. The Morgan fingerprint density at radius 2 is 2.33 bits per heavy atom. The number of amides is 1. The van der Waals surface area contributed by atoms with Crippen molar-refractivity contribution in [2.45, 2.75) is 19.5 Å². The Kier molecular flexibility index (Phi) is 3.84. The predicted octanol–water partition coefficient (Wildman–Crippen LogP) is 0.512. The van der Waals surface area contributed by atoms with Crippen LogP contribution in [-0.2, 0) is 11.3 Å². The van der Waals surface area contributed by atoms with E-state index >= 15 is 0 Å². The first-order valence-electron chi connectivity index (χ1n) is 5.98. The maximum Gasteiger partial charge on any atom is 0.264 e. The highest BCUT2D eigenvalue weighted by atomic mass is 16.5. The molecule has 0 radical (unpaired) electrons. The summed E-state index contributed by atoms with van der Waals surface area (Å²) >= 11 is 0. The molecule has 1 amide bonds. The molecule has 1 heterocycles. The fraction of sp³-hybridized carbons (Fsp3) is 0.462. The highest BCUT2D eigenvalue weighted by molar-refractivity contribution is 5.97. The molecule has 0 aromatic heterocycles. The lowest BCUT2D eigenvalue weighted by Gasteiger charge is -2.26. The minimum absolute atomic E-state index is 0.0451. The molecule has 5 nitrogen and oxygen atoms in total. The molecule has 98 valence electrons. The highest BCUT2D eigenvalue weighted by Crippen LogP contribution is 2.31. The number of anilines is 1. The topological polar surface area (TPSA) is 61.8 Å². The number of carbonyl (C=O) groups is 1. The van der Waals surface area contributed by atoms with E-state index in [-0.39, 0.29) is 25.2 Å². The number of hydrogen-bond acceptors (Lipinski definition) is 4. The van der Waals surface area contributed by atoms with Gasteiger partial charge < -0.3 is 20.1 Å². The maximum atomic E-state index is 11.5. The van der Waals surface area contributed by atoms with Crippen molar-refractivity contribution in [1.29, 1.82) is 0 Å². The zero-order valence-corrected chi connectivity index (χ0v) is 10.6. The van der Waals surface area contributed by atoms with Gasteiger partial charge in [-0.3, -0.25) is 4.79 Å². The van der Waals surface area contributed by atoms with Crippen LogP contribution in [0.15, 0.2) is 18.2 Å². The van der Waals surface area contributed by atoms with Gasteiger partial charge in [-0.2, -0.15) is 0 Å². The van der Waals surface area contributed by atoms with Crippen LogP contribution in [-0.4, -0.2) is 37.3 Å². The van der Waals surface area contributed by atoms with Crippen LogP contribution in [0.25, 0.3) is 0 Å². The van der Waals surface area contributed by atoms with E-state index in [1.54, 1.807) is 11.9 Å². The number of aliphatic hydroxyl groups is 1. The van der Waals surface area contributed by atoms with Gasteiger partial charge in [0.25, 0.3) is 5.91 Å². The van der Waals surface area contributed by atoms with Crippen LogP contribution >= 0.6 is 0 Å². The molecule has 5 heteroatoms. The van der Waals surface area contributed by atoms with Gasteiger partial charge in [-0.25, -0.2) is 0 Å². The van der Waals surface area contributed by atoms with Crippen LogP contribution in [0.1, 0.15) is 12.5 Å². The quantitative estimate of drug-likeness (QED) is 0.817. The summed E-state index contributed by atoms with van der Waals surface area (Å²) in [5.41, 5.74) is 1.85. The zero-order chi connectivity index (χ0) is 13.1. The first-order chi connectivity index (χ1) is 8.61. The first-order valence-corrected chi connectivity index (χ1v) is 5.98. The SMILES string of the molecule is CC(CO)NCc1ccc2c(c1)N(C)C(=O)CO2. The van der Waals surface area contributed by atoms with E-state index < -0.39 is 0 Å². The molecule has 0 aliphatic carbocycles. The van der Waals surface area contributed by atoms with E-state index in [2.05, 4.69) is 5.32 Å². The van der Waals surface area contributed by atoms with Gasteiger partial charge >= 0.3 is 0 Å². The molecule has 1 aromatic rings. The van der Waals surface area contributed by atoms with Crippen molar-refractivity contribution in [3.63, 3.8) is 0 Å². The van der Waals surface area contributed by atoms with Gasteiger partial charge in [0.1, 0.15) is 5.75 Å². The number of rotatable bonds is 4.